The zero-order chi connectivity index (χ0) is 24.8. The summed E-state index contributed by atoms with van der Waals surface area (Å²) in [4.78, 5) is 29.9. The first kappa shape index (κ1) is 24.7. The molecule has 6 nitrogen and oxygen atoms in total. The Balaban J connectivity index is 1.81. The average molecular weight is 497 g/mol. The lowest BCUT2D eigenvalue weighted by Crippen LogP contribution is -2.46. The third-order valence-corrected chi connectivity index (χ3v) is 7.06. The summed E-state index contributed by atoms with van der Waals surface area (Å²) in [6, 6.07) is 13.7. The summed E-state index contributed by atoms with van der Waals surface area (Å²) in [6.45, 7) is 0. The van der Waals surface area contributed by atoms with Gasteiger partial charge in [0.05, 0.1) is 26.3 Å². The summed E-state index contributed by atoms with van der Waals surface area (Å²) >= 11 is 1.48. The number of thiophene rings is 1. The molecule has 1 saturated carbocycles. The van der Waals surface area contributed by atoms with Crippen LogP contribution in [0.2, 0.25) is 0 Å². The molecule has 0 aliphatic heterocycles. The predicted molar refractivity (Wildman–Crippen MR) is 135 cm³/mol. The lowest BCUT2D eigenvalue weighted by Gasteiger charge is -2.32. The molecular formula is C27H29FN2O4S. The van der Waals surface area contributed by atoms with Crippen molar-refractivity contribution in [2.45, 2.75) is 44.2 Å². The van der Waals surface area contributed by atoms with E-state index in [9.17, 15) is 14.0 Å². The molecule has 3 aromatic rings. The number of carbonyl (C=O) groups excluding carboxylic acids is 2. The monoisotopic (exact) mass is 496 g/mol. The van der Waals surface area contributed by atoms with Gasteiger partial charge in [-0.25, -0.2) is 4.39 Å². The summed E-state index contributed by atoms with van der Waals surface area (Å²) in [5.74, 6) is -0.00338. The lowest BCUT2D eigenvalue weighted by molar-refractivity contribution is -0.127. The summed E-state index contributed by atoms with van der Waals surface area (Å²) in [6.07, 6.45) is 4.03. The lowest BCUT2D eigenvalue weighted by atomic mass is 10.0. The number of benzene rings is 2. The number of anilines is 1. The number of carbonyl (C=O) groups is 2. The molecule has 2 aromatic carbocycles. The molecule has 184 valence electrons. The van der Waals surface area contributed by atoms with E-state index in [1.807, 2.05) is 17.5 Å². The number of nitrogens with one attached hydrogen (secondary N) is 1. The van der Waals surface area contributed by atoms with E-state index in [-0.39, 0.29) is 24.3 Å². The molecule has 1 aliphatic rings. The largest absolute Gasteiger partial charge is 0.497 e. The minimum Gasteiger partial charge on any atom is -0.497 e. The number of hydrogen-bond acceptors (Lipinski definition) is 5. The molecule has 35 heavy (non-hydrogen) atoms. The Labute approximate surface area is 208 Å². The second-order valence-electron chi connectivity index (χ2n) is 8.53. The van der Waals surface area contributed by atoms with Crippen LogP contribution in [-0.2, 0) is 16.0 Å². The normalized spacial score (nSPS) is 14.4. The summed E-state index contributed by atoms with van der Waals surface area (Å²) in [7, 11) is 3.06. The van der Waals surface area contributed by atoms with Gasteiger partial charge < -0.3 is 14.8 Å². The molecule has 0 radical (unpaired) electrons. The van der Waals surface area contributed by atoms with Crippen molar-refractivity contribution in [3.05, 3.63) is 76.2 Å². The Morgan fingerprint density at radius 3 is 2.29 bits per heavy atom. The maximum absolute atomic E-state index is 13.8. The van der Waals surface area contributed by atoms with E-state index in [1.165, 1.54) is 42.6 Å². The van der Waals surface area contributed by atoms with Gasteiger partial charge >= 0.3 is 0 Å². The first-order valence-electron chi connectivity index (χ1n) is 11.6. The highest BCUT2D eigenvalue weighted by atomic mass is 32.1. The van der Waals surface area contributed by atoms with Crippen LogP contribution in [0.5, 0.6) is 11.5 Å². The van der Waals surface area contributed by atoms with Crippen LogP contribution in [-0.4, -0.2) is 32.1 Å². The van der Waals surface area contributed by atoms with Crippen LogP contribution in [0, 0.1) is 5.82 Å². The summed E-state index contributed by atoms with van der Waals surface area (Å²) in [5, 5.41) is 5.04. The Bertz CT molecular complexity index is 1120. The molecule has 1 fully saturated rings. The third kappa shape index (κ3) is 6.00. The van der Waals surface area contributed by atoms with Crippen LogP contribution in [0.25, 0.3) is 0 Å². The second-order valence-corrected chi connectivity index (χ2v) is 9.57. The fourth-order valence-electron chi connectivity index (χ4n) is 4.43. The Kier molecular flexibility index (Phi) is 8.02. The van der Waals surface area contributed by atoms with E-state index in [4.69, 9.17) is 9.47 Å². The van der Waals surface area contributed by atoms with Crippen LogP contribution in [0.15, 0.2) is 60.0 Å². The molecule has 0 bridgehead atoms. The number of methoxy groups -OCH3 is 2. The molecule has 2 amide bonds. The minimum absolute atomic E-state index is 0.0551. The van der Waals surface area contributed by atoms with Gasteiger partial charge in [0.1, 0.15) is 23.4 Å². The number of amides is 2. The van der Waals surface area contributed by atoms with Crippen LogP contribution < -0.4 is 19.7 Å². The van der Waals surface area contributed by atoms with Crippen molar-refractivity contribution >= 4 is 28.8 Å². The zero-order valence-corrected chi connectivity index (χ0v) is 20.6. The fraction of sp³-hybridized carbons (Fsp3) is 0.333. The molecule has 1 N–H and O–H groups in total. The van der Waals surface area contributed by atoms with Gasteiger partial charge in [0.25, 0.3) is 0 Å². The fourth-order valence-corrected chi connectivity index (χ4v) is 5.12. The van der Waals surface area contributed by atoms with E-state index < -0.39 is 11.9 Å². The van der Waals surface area contributed by atoms with Gasteiger partial charge in [-0.1, -0.05) is 31.0 Å². The summed E-state index contributed by atoms with van der Waals surface area (Å²) in [5.41, 5.74) is 0.974. The van der Waals surface area contributed by atoms with E-state index in [2.05, 4.69) is 5.32 Å². The topological polar surface area (TPSA) is 67.9 Å². The Morgan fingerprint density at radius 1 is 1.06 bits per heavy atom. The maximum atomic E-state index is 13.8. The standard InChI is InChI=1S/C27H29FN2O4S/c1-33-22-14-21(15-23(16-22)34-2)30(25(31)17-24-8-5-13-35-24)26(18-9-11-19(28)12-10-18)27(32)29-20-6-3-4-7-20/h5,8-16,20,26H,3-4,6-7,17H2,1-2H3,(H,29,32)/t26-/m1/s1. The van der Waals surface area contributed by atoms with Crippen LogP contribution in [0.4, 0.5) is 10.1 Å². The predicted octanol–water partition coefficient (Wildman–Crippen LogP) is 5.28. The molecular weight excluding hydrogens is 467 g/mol. The molecule has 1 atom stereocenters. The number of ether oxygens (including phenoxy) is 2. The van der Waals surface area contributed by atoms with Gasteiger partial charge in [0.15, 0.2) is 0 Å². The maximum Gasteiger partial charge on any atom is 0.248 e. The zero-order valence-electron chi connectivity index (χ0n) is 19.8. The van der Waals surface area contributed by atoms with E-state index in [0.29, 0.717) is 22.7 Å². The van der Waals surface area contributed by atoms with E-state index >= 15 is 0 Å². The quantitative estimate of drug-likeness (QED) is 0.438. The molecule has 0 saturated heterocycles. The first-order chi connectivity index (χ1) is 17.0. The van der Waals surface area contributed by atoms with E-state index in [0.717, 1.165) is 30.6 Å². The van der Waals surface area contributed by atoms with Gasteiger partial charge in [-0.3, -0.25) is 14.5 Å². The number of halogens is 1. The smallest absolute Gasteiger partial charge is 0.248 e. The van der Waals surface area contributed by atoms with Gasteiger partial charge in [-0.05, 0) is 42.0 Å². The van der Waals surface area contributed by atoms with Gasteiger partial charge in [-0.2, -0.15) is 0 Å². The van der Waals surface area contributed by atoms with Crippen molar-refractivity contribution in [3.63, 3.8) is 0 Å². The van der Waals surface area contributed by atoms with E-state index in [1.54, 1.807) is 30.3 Å². The van der Waals surface area contributed by atoms with Crippen molar-refractivity contribution in [1.29, 1.82) is 0 Å². The van der Waals surface area contributed by atoms with Crippen LogP contribution >= 0.6 is 11.3 Å². The highest BCUT2D eigenvalue weighted by molar-refractivity contribution is 7.10. The molecule has 1 aromatic heterocycles. The number of nitrogens with zero attached hydrogens (tertiary/aromatic N) is 1. The average Bonchev–Trinajstić information content (AvgIpc) is 3.57. The summed E-state index contributed by atoms with van der Waals surface area (Å²) < 4.78 is 24.7. The van der Waals surface area contributed by atoms with Crippen molar-refractivity contribution in [2.24, 2.45) is 0 Å². The van der Waals surface area contributed by atoms with Crippen molar-refractivity contribution in [3.8, 4) is 11.5 Å². The van der Waals surface area contributed by atoms with Crippen molar-refractivity contribution in [2.75, 3.05) is 19.1 Å². The molecule has 0 spiro atoms. The van der Waals surface area contributed by atoms with Crippen LogP contribution in [0.1, 0.15) is 42.2 Å². The van der Waals surface area contributed by atoms with Crippen LogP contribution in [0.3, 0.4) is 0 Å². The third-order valence-electron chi connectivity index (χ3n) is 6.18. The minimum atomic E-state index is -1.000. The van der Waals surface area contributed by atoms with Gasteiger partial charge in [0, 0.05) is 29.1 Å². The highest BCUT2D eigenvalue weighted by Gasteiger charge is 2.35. The van der Waals surface area contributed by atoms with Crippen molar-refractivity contribution < 1.29 is 23.5 Å². The SMILES string of the molecule is COc1cc(OC)cc(N(C(=O)Cc2cccs2)[C@@H](C(=O)NC2CCCC2)c2ccc(F)cc2)c1. The molecule has 0 unspecified atom stereocenters. The Morgan fingerprint density at radius 2 is 1.71 bits per heavy atom. The molecule has 1 aliphatic carbocycles. The number of rotatable bonds is 9. The molecule has 8 heteroatoms. The second kappa shape index (κ2) is 11.4. The van der Waals surface area contributed by atoms with Gasteiger partial charge in [-0.15, -0.1) is 11.3 Å². The Hall–Kier alpha value is -3.39. The molecule has 1 heterocycles. The first-order valence-corrected chi connectivity index (χ1v) is 12.5. The van der Waals surface area contributed by atoms with Crippen molar-refractivity contribution in [1.82, 2.24) is 5.32 Å². The number of hydrogen-bond donors (Lipinski definition) is 1. The highest BCUT2D eigenvalue weighted by Crippen LogP contribution is 2.35. The van der Waals surface area contributed by atoms with Gasteiger partial charge in [0.2, 0.25) is 11.8 Å². The molecule has 4 rings (SSSR count).